The molecule has 0 saturated heterocycles. The van der Waals surface area contributed by atoms with E-state index < -0.39 is 0 Å². The normalized spacial score (nSPS) is 12.2. The van der Waals surface area contributed by atoms with Crippen LogP contribution in [0.1, 0.15) is 18.5 Å². The first-order chi connectivity index (χ1) is 9.75. The molecule has 3 heteroatoms. The van der Waals surface area contributed by atoms with Gasteiger partial charge >= 0.3 is 0 Å². The third-order valence-electron chi connectivity index (χ3n) is 3.56. The lowest BCUT2D eigenvalue weighted by atomic mass is 9.95. The molecule has 3 nitrogen and oxygen atoms in total. The van der Waals surface area contributed by atoms with Crippen molar-refractivity contribution in [2.24, 2.45) is 0 Å². The van der Waals surface area contributed by atoms with E-state index in [0.717, 1.165) is 5.56 Å². The van der Waals surface area contributed by atoms with Gasteiger partial charge in [-0.1, -0.05) is 36.4 Å². The first kappa shape index (κ1) is 12.5. The lowest BCUT2D eigenvalue weighted by Gasteiger charge is -2.18. The third-order valence-corrected chi connectivity index (χ3v) is 3.56. The number of benzene rings is 2. The summed E-state index contributed by atoms with van der Waals surface area (Å²) in [5.74, 6) is 0.286. The van der Waals surface area contributed by atoms with Gasteiger partial charge in [0.15, 0.2) is 0 Å². The minimum Gasteiger partial charge on any atom is -0.508 e. The quantitative estimate of drug-likeness (QED) is 0.780. The van der Waals surface area contributed by atoms with Gasteiger partial charge in [0, 0.05) is 12.4 Å². The highest BCUT2D eigenvalue weighted by Crippen LogP contribution is 2.30. The Morgan fingerprint density at radius 1 is 1.05 bits per heavy atom. The molecule has 0 radical (unpaired) electrons. The van der Waals surface area contributed by atoms with Crippen LogP contribution in [0.2, 0.25) is 0 Å². The van der Waals surface area contributed by atoms with Gasteiger partial charge in [-0.3, -0.25) is 0 Å². The summed E-state index contributed by atoms with van der Waals surface area (Å²) in [4.78, 5) is 4.11. The maximum atomic E-state index is 9.42. The average molecular weight is 264 g/mol. The summed E-state index contributed by atoms with van der Waals surface area (Å²) in [5, 5.41) is 9.42. The molecule has 0 aliphatic carbocycles. The molecule has 0 spiro atoms. The van der Waals surface area contributed by atoms with Gasteiger partial charge in [-0.15, -0.1) is 0 Å². The van der Waals surface area contributed by atoms with Crippen LogP contribution in [0.5, 0.6) is 5.75 Å². The van der Waals surface area contributed by atoms with Gasteiger partial charge in [0.2, 0.25) is 0 Å². The van der Waals surface area contributed by atoms with Crippen LogP contribution in [0, 0.1) is 0 Å². The van der Waals surface area contributed by atoms with E-state index >= 15 is 0 Å². The van der Waals surface area contributed by atoms with E-state index in [1.54, 1.807) is 18.3 Å². The van der Waals surface area contributed by atoms with Gasteiger partial charge in [-0.05, 0) is 35.7 Å². The first-order valence-corrected chi connectivity index (χ1v) is 6.61. The minimum absolute atomic E-state index is 0.211. The van der Waals surface area contributed by atoms with Crippen LogP contribution >= 0.6 is 0 Å². The maximum Gasteiger partial charge on any atom is 0.115 e. The standard InChI is InChI=1S/C17H16N2O/c1-13(19-11-10-18-12-19)16-4-2-3-5-17(16)14-6-8-15(20)9-7-14/h2-13,20H,1H3. The molecule has 0 saturated carbocycles. The van der Waals surface area contributed by atoms with Crippen LogP contribution in [0.3, 0.4) is 0 Å². The first-order valence-electron chi connectivity index (χ1n) is 6.61. The molecule has 1 heterocycles. The van der Waals surface area contributed by atoms with E-state index in [1.165, 1.54) is 11.1 Å². The van der Waals surface area contributed by atoms with E-state index in [9.17, 15) is 5.11 Å². The Morgan fingerprint density at radius 3 is 2.50 bits per heavy atom. The Kier molecular flexibility index (Phi) is 3.25. The molecule has 0 fully saturated rings. The minimum atomic E-state index is 0.211. The predicted molar refractivity (Wildman–Crippen MR) is 79.6 cm³/mol. The van der Waals surface area contributed by atoms with Crippen molar-refractivity contribution >= 4 is 0 Å². The van der Waals surface area contributed by atoms with Crippen LogP contribution in [-0.2, 0) is 0 Å². The predicted octanol–water partition coefficient (Wildman–Crippen LogP) is 3.87. The zero-order valence-electron chi connectivity index (χ0n) is 11.3. The van der Waals surface area contributed by atoms with Gasteiger partial charge in [0.25, 0.3) is 0 Å². The van der Waals surface area contributed by atoms with E-state index in [4.69, 9.17) is 0 Å². The number of nitrogens with zero attached hydrogens (tertiary/aromatic N) is 2. The van der Waals surface area contributed by atoms with Crippen molar-refractivity contribution in [2.45, 2.75) is 13.0 Å². The molecular formula is C17H16N2O. The molecule has 1 unspecified atom stereocenters. The summed E-state index contributed by atoms with van der Waals surface area (Å²) in [5.41, 5.74) is 3.51. The Labute approximate surface area is 118 Å². The Bertz CT molecular complexity index is 687. The maximum absolute atomic E-state index is 9.42. The fourth-order valence-electron chi connectivity index (χ4n) is 2.42. The number of aromatic nitrogens is 2. The molecule has 3 aromatic rings. The molecule has 20 heavy (non-hydrogen) atoms. The number of aromatic hydroxyl groups is 1. The molecule has 0 bridgehead atoms. The van der Waals surface area contributed by atoms with Gasteiger partial charge in [-0.25, -0.2) is 4.98 Å². The average Bonchev–Trinajstić information content (AvgIpc) is 3.02. The lowest BCUT2D eigenvalue weighted by Crippen LogP contribution is -2.05. The zero-order valence-corrected chi connectivity index (χ0v) is 11.3. The second-order valence-electron chi connectivity index (χ2n) is 4.82. The summed E-state index contributed by atoms with van der Waals surface area (Å²) in [6.45, 7) is 2.15. The number of hydrogen-bond acceptors (Lipinski definition) is 2. The van der Waals surface area contributed by atoms with Crippen molar-refractivity contribution < 1.29 is 5.11 Å². The monoisotopic (exact) mass is 264 g/mol. The number of hydrogen-bond donors (Lipinski definition) is 1. The fraction of sp³-hybridized carbons (Fsp3) is 0.118. The van der Waals surface area contributed by atoms with Crippen LogP contribution in [0.15, 0.2) is 67.3 Å². The number of imidazole rings is 1. The summed E-state index contributed by atoms with van der Waals surface area (Å²) < 4.78 is 2.08. The largest absolute Gasteiger partial charge is 0.508 e. The van der Waals surface area contributed by atoms with Crippen LogP contribution in [0.25, 0.3) is 11.1 Å². The van der Waals surface area contributed by atoms with E-state index in [-0.39, 0.29) is 11.8 Å². The molecule has 2 aromatic carbocycles. The van der Waals surface area contributed by atoms with Crippen LogP contribution in [-0.4, -0.2) is 14.7 Å². The van der Waals surface area contributed by atoms with Crippen LogP contribution in [0.4, 0.5) is 0 Å². The van der Waals surface area contributed by atoms with Gasteiger partial charge in [0.1, 0.15) is 5.75 Å². The fourth-order valence-corrected chi connectivity index (χ4v) is 2.42. The highest BCUT2D eigenvalue weighted by molar-refractivity contribution is 5.68. The summed E-state index contributed by atoms with van der Waals surface area (Å²) in [6, 6.07) is 15.8. The molecule has 1 aromatic heterocycles. The lowest BCUT2D eigenvalue weighted by molar-refractivity contribution is 0.475. The van der Waals surface area contributed by atoms with E-state index in [0.29, 0.717) is 0 Å². The number of phenolic OH excluding ortho intramolecular Hbond substituents is 1. The highest BCUT2D eigenvalue weighted by Gasteiger charge is 2.12. The second-order valence-corrected chi connectivity index (χ2v) is 4.82. The highest BCUT2D eigenvalue weighted by atomic mass is 16.3. The Hall–Kier alpha value is -2.55. The summed E-state index contributed by atoms with van der Waals surface area (Å²) in [6.07, 6.45) is 5.59. The second kappa shape index (κ2) is 5.21. The van der Waals surface area contributed by atoms with Crippen molar-refractivity contribution in [3.63, 3.8) is 0 Å². The zero-order chi connectivity index (χ0) is 13.9. The van der Waals surface area contributed by atoms with E-state index in [1.807, 2.05) is 36.8 Å². The van der Waals surface area contributed by atoms with Gasteiger partial charge in [0.05, 0.1) is 12.4 Å². The third kappa shape index (κ3) is 2.30. The number of rotatable bonds is 3. The molecule has 0 amide bonds. The topological polar surface area (TPSA) is 38.0 Å². The molecule has 0 aliphatic heterocycles. The molecule has 1 N–H and O–H groups in total. The van der Waals surface area contributed by atoms with Gasteiger partial charge in [-0.2, -0.15) is 0 Å². The molecule has 100 valence electrons. The van der Waals surface area contributed by atoms with Gasteiger partial charge < -0.3 is 9.67 Å². The van der Waals surface area contributed by atoms with Crippen molar-refractivity contribution in [3.05, 3.63) is 72.8 Å². The number of phenols is 1. The van der Waals surface area contributed by atoms with Crippen molar-refractivity contribution in [3.8, 4) is 16.9 Å². The molecular weight excluding hydrogens is 248 g/mol. The van der Waals surface area contributed by atoms with Crippen LogP contribution < -0.4 is 0 Å². The molecule has 1 atom stereocenters. The van der Waals surface area contributed by atoms with E-state index in [2.05, 4.69) is 28.6 Å². The van der Waals surface area contributed by atoms with Crippen molar-refractivity contribution in [2.75, 3.05) is 0 Å². The Balaban J connectivity index is 2.06. The van der Waals surface area contributed by atoms with Crippen molar-refractivity contribution in [1.29, 1.82) is 0 Å². The summed E-state index contributed by atoms with van der Waals surface area (Å²) in [7, 11) is 0. The molecule has 3 rings (SSSR count). The SMILES string of the molecule is CC(c1ccccc1-c1ccc(O)cc1)n1ccnc1. The molecule has 0 aliphatic rings. The summed E-state index contributed by atoms with van der Waals surface area (Å²) >= 11 is 0. The van der Waals surface area contributed by atoms with Crippen molar-refractivity contribution in [1.82, 2.24) is 9.55 Å². The smallest absolute Gasteiger partial charge is 0.115 e. The Morgan fingerprint density at radius 2 is 1.80 bits per heavy atom.